The molecule has 0 spiro atoms. The van der Waals surface area contributed by atoms with Crippen molar-refractivity contribution in [1.29, 1.82) is 5.26 Å². The van der Waals surface area contributed by atoms with Crippen LogP contribution in [0.4, 0.5) is 5.69 Å². The van der Waals surface area contributed by atoms with Crippen LogP contribution in [-0.4, -0.2) is 12.1 Å². The lowest BCUT2D eigenvalue weighted by atomic mass is 10.1. The fourth-order valence-electron chi connectivity index (χ4n) is 2.16. The molecule has 2 N–H and O–H groups in total. The Hall–Kier alpha value is -3.26. The van der Waals surface area contributed by atoms with Gasteiger partial charge in [-0.1, -0.05) is 0 Å². The van der Waals surface area contributed by atoms with Crippen molar-refractivity contribution in [2.75, 3.05) is 12.8 Å². The predicted molar refractivity (Wildman–Crippen MR) is 83.9 cm³/mol. The van der Waals surface area contributed by atoms with Gasteiger partial charge in [-0.2, -0.15) is 5.26 Å². The number of rotatable bonds is 3. The number of ether oxygens (including phenoxy) is 2. The second-order valence-electron chi connectivity index (χ2n) is 4.66. The quantitative estimate of drug-likeness (QED) is 0.747. The van der Waals surface area contributed by atoms with Crippen LogP contribution < -0.4 is 15.2 Å². The lowest BCUT2D eigenvalue weighted by molar-refractivity contribution is 0.414. The Labute approximate surface area is 127 Å². The fourth-order valence-corrected chi connectivity index (χ4v) is 2.16. The maximum Gasteiger partial charge on any atom is 0.138 e. The summed E-state index contributed by atoms with van der Waals surface area (Å²) in [5, 5.41) is 9.91. The standard InChI is InChI=1S/C17H13N3O2/c1-21-17-9-14-15(8-11(17)10-18)20-7-6-16(14)22-13-4-2-12(19)3-5-13/h2-9H,19H2,1H3. The van der Waals surface area contributed by atoms with E-state index < -0.39 is 0 Å². The van der Waals surface area contributed by atoms with E-state index in [1.807, 2.05) is 0 Å². The number of nitrogen functional groups attached to an aromatic ring is 1. The SMILES string of the molecule is COc1cc2c(Oc3ccc(N)cc3)ccnc2cc1C#N. The third-order valence-corrected chi connectivity index (χ3v) is 3.25. The molecule has 1 aromatic heterocycles. The smallest absolute Gasteiger partial charge is 0.138 e. The first kappa shape index (κ1) is 13.7. The Kier molecular flexibility index (Phi) is 3.50. The molecule has 1 heterocycles. The summed E-state index contributed by atoms with van der Waals surface area (Å²) in [6.07, 6.45) is 1.64. The van der Waals surface area contributed by atoms with Gasteiger partial charge in [0, 0.05) is 17.3 Å². The lowest BCUT2D eigenvalue weighted by Gasteiger charge is -2.10. The van der Waals surface area contributed by atoms with Crippen molar-refractivity contribution in [3.8, 4) is 23.3 Å². The van der Waals surface area contributed by atoms with E-state index >= 15 is 0 Å². The molecule has 0 radical (unpaired) electrons. The van der Waals surface area contributed by atoms with Gasteiger partial charge in [0.05, 0.1) is 18.2 Å². The van der Waals surface area contributed by atoms with Crippen molar-refractivity contribution >= 4 is 16.6 Å². The number of hydrogen-bond acceptors (Lipinski definition) is 5. The number of pyridine rings is 1. The van der Waals surface area contributed by atoms with Gasteiger partial charge in [0.25, 0.3) is 0 Å². The number of benzene rings is 2. The molecule has 0 saturated heterocycles. The average molecular weight is 291 g/mol. The average Bonchev–Trinajstić information content (AvgIpc) is 2.56. The third-order valence-electron chi connectivity index (χ3n) is 3.25. The molecule has 0 aliphatic rings. The third kappa shape index (κ3) is 2.50. The van der Waals surface area contributed by atoms with Gasteiger partial charge >= 0.3 is 0 Å². The molecule has 0 aliphatic carbocycles. The molecule has 3 rings (SSSR count). The van der Waals surface area contributed by atoms with Crippen molar-refractivity contribution in [1.82, 2.24) is 4.98 Å². The molecule has 0 fully saturated rings. The van der Waals surface area contributed by atoms with Gasteiger partial charge in [0.2, 0.25) is 0 Å². The molecule has 0 saturated carbocycles. The first-order valence-corrected chi connectivity index (χ1v) is 6.61. The molecular weight excluding hydrogens is 278 g/mol. The van der Waals surface area contributed by atoms with Crippen LogP contribution in [0.25, 0.3) is 10.9 Å². The number of nitrogens with zero attached hydrogens (tertiary/aromatic N) is 2. The van der Waals surface area contributed by atoms with Gasteiger partial charge in [-0.15, -0.1) is 0 Å². The summed E-state index contributed by atoms with van der Waals surface area (Å²) in [7, 11) is 1.53. The molecule has 5 heteroatoms. The Bertz CT molecular complexity index is 867. The zero-order valence-electron chi connectivity index (χ0n) is 11.9. The van der Waals surface area contributed by atoms with Gasteiger partial charge in [0.1, 0.15) is 23.3 Å². The highest BCUT2D eigenvalue weighted by molar-refractivity contribution is 5.88. The number of methoxy groups -OCH3 is 1. The zero-order chi connectivity index (χ0) is 15.5. The summed E-state index contributed by atoms with van der Waals surface area (Å²) < 4.78 is 11.1. The lowest BCUT2D eigenvalue weighted by Crippen LogP contribution is -1.92. The first-order chi connectivity index (χ1) is 10.7. The Balaban J connectivity index is 2.10. The minimum atomic E-state index is 0.437. The van der Waals surface area contributed by atoms with Crippen molar-refractivity contribution < 1.29 is 9.47 Å². The topological polar surface area (TPSA) is 81.2 Å². The highest BCUT2D eigenvalue weighted by Crippen LogP contribution is 2.33. The van der Waals surface area contributed by atoms with Crippen molar-refractivity contribution in [2.45, 2.75) is 0 Å². The minimum absolute atomic E-state index is 0.437. The summed E-state index contributed by atoms with van der Waals surface area (Å²) in [5.41, 5.74) is 7.45. The highest BCUT2D eigenvalue weighted by Gasteiger charge is 2.10. The van der Waals surface area contributed by atoms with Gasteiger partial charge in [0.15, 0.2) is 0 Å². The molecule has 2 aromatic carbocycles. The Morgan fingerprint density at radius 1 is 1.09 bits per heavy atom. The molecule has 0 bridgehead atoms. The van der Waals surface area contributed by atoms with E-state index in [4.69, 9.17) is 20.5 Å². The maximum absolute atomic E-state index is 9.14. The monoisotopic (exact) mass is 291 g/mol. The molecule has 108 valence electrons. The van der Waals surface area contributed by atoms with Crippen LogP contribution in [0.3, 0.4) is 0 Å². The molecule has 3 aromatic rings. The summed E-state index contributed by atoms with van der Waals surface area (Å²) in [6, 6.07) is 14.4. The number of anilines is 1. The summed E-state index contributed by atoms with van der Waals surface area (Å²) in [4.78, 5) is 4.27. The van der Waals surface area contributed by atoms with Crippen LogP contribution in [0.5, 0.6) is 17.2 Å². The van der Waals surface area contributed by atoms with E-state index in [0.717, 1.165) is 5.39 Å². The van der Waals surface area contributed by atoms with Crippen molar-refractivity contribution in [3.63, 3.8) is 0 Å². The van der Waals surface area contributed by atoms with Crippen LogP contribution in [0.2, 0.25) is 0 Å². The van der Waals surface area contributed by atoms with E-state index in [9.17, 15) is 0 Å². The molecule has 0 amide bonds. The van der Waals surface area contributed by atoms with E-state index in [1.54, 1.807) is 48.7 Å². The number of hydrogen-bond donors (Lipinski definition) is 1. The molecule has 0 aliphatic heterocycles. The van der Waals surface area contributed by atoms with E-state index in [1.165, 1.54) is 7.11 Å². The largest absolute Gasteiger partial charge is 0.495 e. The second-order valence-corrected chi connectivity index (χ2v) is 4.66. The predicted octanol–water partition coefficient (Wildman–Crippen LogP) is 3.49. The summed E-state index contributed by atoms with van der Waals surface area (Å²) >= 11 is 0. The van der Waals surface area contributed by atoms with Gasteiger partial charge in [-0.25, -0.2) is 0 Å². The number of aromatic nitrogens is 1. The van der Waals surface area contributed by atoms with E-state index in [0.29, 0.717) is 34.0 Å². The minimum Gasteiger partial charge on any atom is -0.495 e. The Morgan fingerprint density at radius 2 is 1.86 bits per heavy atom. The Morgan fingerprint density at radius 3 is 2.55 bits per heavy atom. The van der Waals surface area contributed by atoms with Crippen molar-refractivity contribution in [2.24, 2.45) is 0 Å². The summed E-state index contributed by atoms with van der Waals surface area (Å²) in [5.74, 6) is 1.80. The normalized spacial score (nSPS) is 10.2. The van der Waals surface area contributed by atoms with Crippen LogP contribution >= 0.6 is 0 Å². The van der Waals surface area contributed by atoms with E-state index in [-0.39, 0.29) is 0 Å². The first-order valence-electron chi connectivity index (χ1n) is 6.61. The molecule has 5 nitrogen and oxygen atoms in total. The van der Waals surface area contributed by atoms with Gasteiger partial charge < -0.3 is 15.2 Å². The zero-order valence-corrected chi connectivity index (χ0v) is 11.9. The van der Waals surface area contributed by atoms with Crippen LogP contribution in [0, 0.1) is 11.3 Å². The molecule has 0 atom stereocenters. The number of nitriles is 1. The van der Waals surface area contributed by atoms with E-state index in [2.05, 4.69) is 11.1 Å². The molecule has 22 heavy (non-hydrogen) atoms. The number of fused-ring (bicyclic) bond motifs is 1. The van der Waals surface area contributed by atoms with Crippen LogP contribution in [0.1, 0.15) is 5.56 Å². The van der Waals surface area contributed by atoms with Crippen LogP contribution in [-0.2, 0) is 0 Å². The van der Waals surface area contributed by atoms with Gasteiger partial charge in [-0.05, 0) is 42.5 Å². The second kappa shape index (κ2) is 5.62. The highest BCUT2D eigenvalue weighted by atomic mass is 16.5. The molecule has 0 unspecified atom stereocenters. The van der Waals surface area contributed by atoms with Gasteiger partial charge in [-0.3, -0.25) is 4.98 Å². The van der Waals surface area contributed by atoms with Crippen molar-refractivity contribution in [3.05, 3.63) is 54.2 Å². The molecular formula is C17H13N3O2. The maximum atomic E-state index is 9.14. The summed E-state index contributed by atoms with van der Waals surface area (Å²) in [6.45, 7) is 0. The number of nitrogens with two attached hydrogens (primary N) is 1. The fraction of sp³-hybridized carbons (Fsp3) is 0.0588. The van der Waals surface area contributed by atoms with Crippen LogP contribution in [0.15, 0.2) is 48.7 Å².